The minimum atomic E-state index is -1.67. The Morgan fingerprint density at radius 3 is 1.94 bits per heavy atom. The molecule has 3 N–H and O–H groups in total. The van der Waals surface area contributed by atoms with Crippen molar-refractivity contribution in [3.63, 3.8) is 0 Å². The predicted molar refractivity (Wildman–Crippen MR) is 127 cm³/mol. The summed E-state index contributed by atoms with van der Waals surface area (Å²) >= 11 is 16.8. The summed E-state index contributed by atoms with van der Waals surface area (Å²) < 4.78 is 3.26. The number of halogens is 3. The van der Waals surface area contributed by atoms with E-state index in [-0.39, 0.29) is 12.6 Å². The molecule has 3 amide bonds. The molecule has 0 radical (unpaired) electrons. The molecular formula is C22H26Cl3N3O3. The molecule has 0 aliphatic rings. The van der Waals surface area contributed by atoms with Crippen molar-refractivity contribution < 1.29 is 14.3 Å². The average Bonchev–Trinajstić information content (AvgIpc) is 2.70. The largest absolute Gasteiger partial charge is 0.445 e. The fraction of sp³-hybridized carbons (Fsp3) is 0.364. The third-order valence-electron chi connectivity index (χ3n) is 4.22. The van der Waals surface area contributed by atoms with Crippen LogP contribution in [-0.4, -0.2) is 29.1 Å². The van der Waals surface area contributed by atoms with E-state index in [0.717, 1.165) is 16.8 Å². The van der Waals surface area contributed by atoms with Gasteiger partial charge in [0.15, 0.2) is 0 Å². The van der Waals surface area contributed by atoms with Crippen LogP contribution in [0.25, 0.3) is 0 Å². The Balaban J connectivity index is 2.01. The highest BCUT2D eigenvalue weighted by atomic mass is 35.6. The van der Waals surface area contributed by atoms with Crippen LogP contribution < -0.4 is 16.0 Å². The van der Waals surface area contributed by atoms with Gasteiger partial charge in [-0.3, -0.25) is 5.32 Å². The van der Waals surface area contributed by atoms with Crippen LogP contribution in [0.5, 0.6) is 0 Å². The topological polar surface area (TPSA) is 79.5 Å². The SMILES string of the molecule is CC(C)CNC(=O)Nc1ccccc1CCc1ccccc1NC(=O)OCC(Cl)(Cl)Cl. The lowest BCUT2D eigenvalue weighted by molar-refractivity contribution is 0.164. The number of ether oxygens (including phenoxy) is 1. The van der Waals surface area contributed by atoms with Crippen LogP contribution in [0.4, 0.5) is 21.0 Å². The molecule has 0 fully saturated rings. The van der Waals surface area contributed by atoms with E-state index in [1.54, 1.807) is 6.07 Å². The molecule has 0 aliphatic carbocycles. The Morgan fingerprint density at radius 1 is 0.903 bits per heavy atom. The number of amides is 3. The third kappa shape index (κ3) is 9.68. The second-order valence-corrected chi connectivity index (χ2v) is 9.88. The Kier molecular flexibility index (Phi) is 9.75. The van der Waals surface area contributed by atoms with Gasteiger partial charge in [-0.25, -0.2) is 9.59 Å². The molecule has 9 heteroatoms. The molecule has 2 rings (SSSR count). The van der Waals surface area contributed by atoms with Gasteiger partial charge in [0.25, 0.3) is 0 Å². The van der Waals surface area contributed by atoms with Crippen molar-refractivity contribution in [2.75, 3.05) is 23.8 Å². The zero-order valence-corrected chi connectivity index (χ0v) is 19.7. The van der Waals surface area contributed by atoms with E-state index in [1.807, 2.05) is 56.3 Å². The lowest BCUT2D eigenvalue weighted by Crippen LogP contribution is -2.32. The summed E-state index contributed by atoms with van der Waals surface area (Å²) in [5, 5.41) is 8.42. The maximum atomic E-state index is 12.1. The maximum Gasteiger partial charge on any atom is 0.411 e. The number of anilines is 2. The molecule has 31 heavy (non-hydrogen) atoms. The van der Waals surface area contributed by atoms with Crippen molar-refractivity contribution in [1.29, 1.82) is 0 Å². The highest BCUT2D eigenvalue weighted by Crippen LogP contribution is 2.26. The molecule has 2 aromatic carbocycles. The number of urea groups is 1. The van der Waals surface area contributed by atoms with Crippen LogP contribution in [0, 0.1) is 5.92 Å². The van der Waals surface area contributed by atoms with Crippen molar-refractivity contribution in [3.05, 3.63) is 59.7 Å². The molecule has 0 heterocycles. The first kappa shape index (κ1) is 25.1. The summed E-state index contributed by atoms with van der Waals surface area (Å²) in [6.07, 6.45) is 0.582. The fourth-order valence-electron chi connectivity index (χ4n) is 2.75. The number of nitrogens with one attached hydrogen (secondary N) is 3. The number of alkyl halides is 3. The normalized spacial score (nSPS) is 11.2. The molecule has 0 unspecified atom stereocenters. The van der Waals surface area contributed by atoms with Crippen LogP contribution in [0.15, 0.2) is 48.5 Å². The first-order valence-electron chi connectivity index (χ1n) is 9.85. The van der Waals surface area contributed by atoms with Crippen LogP contribution in [0.1, 0.15) is 25.0 Å². The van der Waals surface area contributed by atoms with Crippen molar-refractivity contribution in [3.8, 4) is 0 Å². The Labute approximate surface area is 197 Å². The molecule has 6 nitrogen and oxygen atoms in total. The second kappa shape index (κ2) is 12.0. The number of carbonyl (C=O) groups excluding carboxylic acids is 2. The minimum absolute atomic E-state index is 0.236. The first-order chi connectivity index (χ1) is 14.6. The summed E-state index contributed by atoms with van der Waals surface area (Å²) in [6.45, 7) is 4.31. The number of para-hydroxylation sites is 2. The van der Waals surface area contributed by atoms with Crippen LogP contribution in [0.3, 0.4) is 0 Å². The first-order valence-corrected chi connectivity index (χ1v) is 11.0. The Hall–Kier alpha value is -2.15. The monoisotopic (exact) mass is 485 g/mol. The van der Waals surface area contributed by atoms with Gasteiger partial charge in [0.05, 0.1) is 0 Å². The molecule has 0 atom stereocenters. The van der Waals surface area contributed by atoms with E-state index < -0.39 is 9.89 Å². The Morgan fingerprint density at radius 2 is 1.42 bits per heavy atom. The predicted octanol–water partition coefficient (Wildman–Crippen LogP) is 6.17. The van der Waals surface area contributed by atoms with E-state index in [2.05, 4.69) is 16.0 Å². The van der Waals surface area contributed by atoms with Gasteiger partial charge in [0, 0.05) is 17.9 Å². The van der Waals surface area contributed by atoms with E-state index in [1.165, 1.54) is 0 Å². The van der Waals surface area contributed by atoms with Gasteiger partial charge >= 0.3 is 12.1 Å². The minimum Gasteiger partial charge on any atom is -0.445 e. The third-order valence-corrected chi connectivity index (χ3v) is 4.55. The standard InChI is InChI=1S/C22H26Cl3N3O3/c1-15(2)13-26-20(29)27-18-9-5-3-7-16(18)11-12-17-8-4-6-10-19(17)28-21(30)31-14-22(23,24)25/h3-10,15H,11-14H2,1-2H3,(H,28,30)(H2,26,27,29). The zero-order chi connectivity index (χ0) is 22.9. The molecular weight excluding hydrogens is 461 g/mol. The number of rotatable bonds is 8. The van der Waals surface area contributed by atoms with E-state index in [4.69, 9.17) is 39.5 Å². The van der Waals surface area contributed by atoms with Gasteiger partial charge in [-0.05, 0) is 42.0 Å². The summed E-state index contributed by atoms with van der Waals surface area (Å²) in [5.41, 5.74) is 3.25. The van der Waals surface area contributed by atoms with Gasteiger partial charge in [0.2, 0.25) is 3.79 Å². The van der Waals surface area contributed by atoms with Crippen molar-refractivity contribution in [1.82, 2.24) is 5.32 Å². The molecule has 0 spiro atoms. The van der Waals surface area contributed by atoms with Gasteiger partial charge in [-0.1, -0.05) is 85.0 Å². The number of carbonyl (C=O) groups is 2. The Bertz CT molecular complexity index is 886. The van der Waals surface area contributed by atoms with Crippen molar-refractivity contribution in [2.45, 2.75) is 30.5 Å². The summed E-state index contributed by atoms with van der Waals surface area (Å²) in [6, 6.07) is 14.8. The molecule has 168 valence electrons. The molecule has 0 saturated heterocycles. The van der Waals surface area contributed by atoms with Crippen LogP contribution in [-0.2, 0) is 17.6 Å². The van der Waals surface area contributed by atoms with Crippen LogP contribution in [0.2, 0.25) is 0 Å². The van der Waals surface area contributed by atoms with E-state index >= 15 is 0 Å². The van der Waals surface area contributed by atoms with E-state index in [9.17, 15) is 9.59 Å². The molecule has 0 aromatic heterocycles. The highest BCUT2D eigenvalue weighted by molar-refractivity contribution is 6.67. The lowest BCUT2D eigenvalue weighted by atomic mass is 10.0. The summed E-state index contributed by atoms with van der Waals surface area (Å²) in [7, 11) is 0. The molecule has 2 aromatic rings. The second-order valence-electron chi connectivity index (χ2n) is 7.36. The number of hydrogen-bond acceptors (Lipinski definition) is 3. The smallest absolute Gasteiger partial charge is 0.411 e. The lowest BCUT2D eigenvalue weighted by Gasteiger charge is -2.15. The molecule has 0 bridgehead atoms. The van der Waals surface area contributed by atoms with Gasteiger partial charge in [-0.2, -0.15) is 0 Å². The fourth-order valence-corrected chi connectivity index (χ4v) is 2.91. The number of benzene rings is 2. The summed E-state index contributed by atoms with van der Waals surface area (Å²) in [5.74, 6) is 0.367. The van der Waals surface area contributed by atoms with Gasteiger partial charge < -0.3 is 15.4 Å². The van der Waals surface area contributed by atoms with Crippen molar-refractivity contribution >= 4 is 58.3 Å². The number of aryl methyl sites for hydroxylation is 2. The highest BCUT2D eigenvalue weighted by Gasteiger charge is 2.22. The van der Waals surface area contributed by atoms with E-state index in [0.29, 0.717) is 31.0 Å². The quantitative estimate of drug-likeness (QED) is 0.390. The van der Waals surface area contributed by atoms with Gasteiger partial charge in [-0.15, -0.1) is 0 Å². The van der Waals surface area contributed by atoms with Crippen molar-refractivity contribution in [2.24, 2.45) is 5.92 Å². The zero-order valence-electron chi connectivity index (χ0n) is 17.4. The molecule has 0 saturated carbocycles. The maximum absolute atomic E-state index is 12.1. The average molecular weight is 487 g/mol. The van der Waals surface area contributed by atoms with Crippen LogP contribution >= 0.6 is 34.8 Å². The summed E-state index contributed by atoms with van der Waals surface area (Å²) in [4.78, 5) is 24.1. The number of hydrogen-bond donors (Lipinski definition) is 3. The van der Waals surface area contributed by atoms with Gasteiger partial charge in [0.1, 0.15) is 6.61 Å². The molecule has 0 aliphatic heterocycles.